The van der Waals surface area contributed by atoms with Gasteiger partial charge in [-0.05, 0) is 12.1 Å². The number of hydrogen-bond donors (Lipinski definition) is 1. The summed E-state index contributed by atoms with van der Waals surface area (Å²) in [6, 6.07) is 9.81. The van der Waals surface area contributed by atoms with Gasteiger partial charge in [0.15, 0.2) is 0 Å². The van der Waals surface area contributed by atoms with Crippen molar-refractivity contribution in [2.45, 2.75) is 0 Å². The first-order chi connectivity index (χ1) is 5.86. The van der Waals surface area contributed by atoms with Gasteiger partial charge in [0.25, 0.3) is 0 Å². The Bertz CT molecular complexity index is 284. The second-order valence-corrected chi connectivity index (χ2v) is 2.59. The Labute approximate surface area is 71.2 Å². The average molecular weight is 162 g/mol. The Kier molecular flexibility index (Phi) is 1.72. The molecule has 1 aromatic carbocycles. The summed E-state index contributed by atoms with van der Waals surface area (Å²) in [5.74, 6) is 0.735. The highest BCUT2D eigenvalue weighted by molar-refractivity contribution is 5.43. The van der Waals surface area contributed by atoms with Gasteiger partial charge in [-0.2, -0.15) is 5.43 Å². The molecule has 0 aromatic heterocycles. The maximum absolute atomic E-state index is 5.28. The lowest BCUT2D eigenvalue weighted by Crippen LogP contribution is -2.28. The Balaban J connectivity index is 2.16. The third-order valence-electron chi connectivity index (χ3n) is 1.63. The van der Waals surface area contributed by atoms with E-state index < -0.39 is 0 Å². The van der Waals surface area contributed by atoms with Crippen LogP contribution in [-0.4, -0.2) is 6.54 Å². The maximum atomic E-state index is 5.28. The van der Waals surface area contributed by atoms with E-state index >= 15 is 0 Å². The highest BCUT2D eigenvalue weighted by Gasteiger charge is 2.15. The van der Waals surface area contributed by atoms with Crippen LogP contribution in [0.25, 0.3) is 0 Å². The Hall–Kier alpha value is -1.48. The number of para-hydroxylation sites is 1. The van der Waals surface area contributed by atoms with Crippen LogP contribution in [-0.2, 0) is 4.84 Å². The number of hydrazine groups is 1. The quantitative estimate of drug-likeness (QED) is 0.676. The summed E-state index contributed by atoms with van der Waals surface area (Å²) in [4.78, 5) is 5.28. The van der Waals surface area contributed by atoms with Gasteiger partial charge < -0.3 is 4.84 Å². The lowest BCUT2D eigenvalue weighted by molar-refractivity contribution is 0.213. The van der Waals surface area contributed by atoms with Gasteiger partial charge in [0.1, 0.15) is 5.76 Å². The zero-order valence-electron chi connectivity index (χ0n) is 6.66. The summed E-state index contributed by atoms with van der Waals surface area (Å²) in [6.07, 6.45) is 0. The Morgan fingerprint density at radius 1 is 1.33 bits per heavy atom. The molecule has 3 nitrogen and oxygen atoms in total. The van der Waals surface area contributed by atoms with Crippen LogP contribution in [0, 0.1) is 0 Å². The molecule has 1 aliphatic rings. The predicted molar refractivity (Wildman–Crippen MR) is 47.1 cm³/mol. The van der Waals surface area contributed by atoms with Crippen molar-refractivity contribution in [1.29, 1.82) is 0 Å². The van der Waals surface area contributed by atoms with Gasteiger partial charge in [-0.25, -0.2) is 0 Å². The van der Waals surface area contributed by atoms with E-state index in [1.807, 2.05) is 30.3 Å². The SMILES string of the molecule is C=C1CNN(c2ccccc2)O1. The fourth-order valence-electron chi connectivity index (χ4n) is 1.06. The van der Waals surface area contributed by atoms with E-state index in [2.05, 4.69) is 12.0 Å². The molecule has 1 fully saturated rings. The number of hydrogen-bond acceptors (Lipinski definition) is 3. The molecule has 0 unspecified atom stereocenters. The molecular formula is C9H10N2O. The second kappa shape index (κ2) is 2.87. The molecule has 1 aliphatic heterocycles. The smallest absolute Gasteiger partial charge is 0.142 e. The minimum Gasteiger partial charge on any atom is -0.368 e. The van der Waals surface area contributed by atoms with Crippen molar-refractivity contribution in [3.8, 4) is 0 Å². The molecule has 0 spiro atoms. The van der Waals surface area contributed by atoms with E-state index in [1.54, 1.807) is 5.17 Å². The molecule has 0 saturated carbocycles. The topological polar surface area (TPSA) is 24.5 Å². The minimum absolute atomic E-state index is 0.675. The van der Waals surface area contributed by atoms with Crippen LogP contribution < -0.4 is 10.6 Å². The molecule has 0 amide bonds. The summed E-state index contributed by atoms with van der Waals surface area (Å²) >= 11 is 0. The molecule has 12 heavy (non-hydrogen) atoms. The van der Waals surface area contributed by atoms with E-state index in [4.69, 9.17) is 4.84 Å². The van der Waals surface area contributed by atoms with Crippen LogP contribution in [0.5, 0.6) is 0 Å². The van der Waals surface area contributed by atoms with E-state index in [-0.39, 0.29) is 0 Å². The van der Waals surface area contributed by atoms with Crippen molar-refractivity contribution >= 4 is 5.69 Å². The van der Waals surface area contributed by atoms with Crippen LogP contribution in [0.1, 0.15) is 0 Å². The predicted octanol–water partition coefficient (Wildman–Crippen LogP) is 1.46. The van der Waals surface area contributed by atoms with Crippen molar-refractivity contribution < 1.29 is 4.84 Å². The molecule has 0 aliphatic carbocycles. The van der Waals surface area contributed by atoms with Crippen LogP contribution >= 0.6 is 0 Å². The summed E-state index contributed by atoms with van der Waals surface area (Å²) in [5, 5.41) is 1.61. The number of rotatable bonds is 1. The molecule has 0 radical (unpaired) electrons. The molecule has 0 atom stereocenters. The van der Waals surface area contributed by atoms with Gasteiger partial charge in [0, 0.05) is 0 Å². The lowest BCUT2D eigenvalue weighted by atomic mass is 10.3. The molecule has 1 saturated heterocycles. The molecule has 2 rings (SSSR count). The average Bonchev–Trinajstić information content (AvgIpc) is 2.54. The first-order valence-corrected chi connectivity index (χ1v) is 3.81. The number of benzene rings is 1. The molecule has 1 aromatic rings. The zero-order chi connectivity index (χ0) is 8.39. The Morgan fingerprint density at radius 2 is 2.08 bits per heavy atom. The minimum atomic E-state index is 0.675. The highest BCUT2D eigenvalue weighted by Crippen LogP contribution is 2.16. The number of anilines is 1. The zero-order valence-corrected chi connectivity index (χ0v) is 6.66. The number of nitrogens with one attached hydrogen (secondary N) is 1. The van der Waals surface area contributed by atoms with Crippen LogP contribution in [0.2, 0.25) is 0 Å². The normalized spacial score (nSPS) is 16.3. The second-order valence-electron chi connectivity index (χ2n) is 2.59. The molecular weight excluding hydrogens is 152 g/mol. The summed E-state index contributed by atoms with van der Waals surface area (Å²) < 4.78 is 0. The van der Waals surface area contributed by atoms with Crippen LogP contribution in [0.3, 0.4) is 0 Å². The van der Waals surface area contributed by atoms with Crippen molar-refractivity contribution in [2.75, 3.05) is 11.7 Å². The number of nitrogens with zero attached hydrogens (tertiary/aromatic N) is 1. The molecule has 3 heteroatoms. The molecule has 0 bridgehead atoms. The van der Waals surface area contributed by atoms with Crippen molar-refractivity contribution in [3.05, 3.63) is 42.7 Å². The molecule has 1 heterocycles. The first-order valence-electron chi connectivity index (χ1n) is 3.81. The maximum Gasteiger partial charge on any atom is 0.142 e. The highest BCUT2D eigenvalue weighted by atomic mass is 16.7. The van der Waals surface area contributed by atoms with Gasteiger partial charge in [-0.3, -0.25) is 0 Å². The first kappa shape index (κ1) is 7.18. The standard InChI is InChI=1S/C9H10N2O/c1-8-7-10-11(12-8)9-5-3-2-4-6-9/h2-6,10H,1,7H2. The lowest BCUT2D eigenvalue weighted by Gasteiger charge is -2.14. The molecule has 1 N–H and O–H groups in total. The third kappa shape index (κ3) is 1.26. The van der Waals surface area contributed by atoms with Crippen LogP contribution in [0.15, 0.2) is 42.7 Å². The fourth-order valence-corrected chi connectivity index (χ4v) is 1.06. The monoisotopic (exact) mass is 162 g/mol. The van der Waals surface area contributed by atoms with Crippen molar-refractivity contribution in [1.82, 2.24) is 5.43 Å². The fraction of sp³-hybridized carbons (Fsp3) is 0.111. The van der Waals surface area contributed by atoms with E-state index in [1.165, 1.54) is 0 Å². The van der Waals surface area contributed by atoms with E-state index in [9.17, 15) is 0 Å². The third-order valence-corrected chi connectivity index (χ3v) is 1.63. The summed E-state index contributed by atoms with van der Waals surface area (Å²) in [6.45, 7) is 4.38. The largest absolute Gasteiger partial charge is 0.368 e. The molecule has 62 valence electrons. The van der Waals surface area contributed by atoms with Gasteiger partial charge in [-0.1, -0.05) is 24.8 Å². The van der Waals surface area contributed by atoms with Gasteiger partial charge in [0.2, 0.25) is 0 Å². The van der Waals surface area contributed by atoms with Crippen molar-refractivity contribution in [2.24, 2.45) is 0 Å². The van der Waals surface area contributed by atoms with Crippen LogP contribution in [0.4, 0.5) is 5.69 Å². The van der Waals surface area contributed by atoms with E-state index in [0.29, 0.717) is 6.54 Å². The van der Waals surface area contributed by atoms with Crippen molar-refractivity contribution in [3.63, 3.8) is 0 Å². The summed E-state index contributed by atoms with van der Waals surface area (Å²) in [7, 11) is 0. The van der Waals surface area contributed by atoms with E-state index in [0.717, 1.165) is 11.4 Å². The van der Waals surface area contributed by atoms with Gasteiger partial charge in [0.05, 0.1) is 12.2 Å². The van der Waals surface area contributed by atoms with Gasteiger partial charge >= 0.3 is 0 Å². The summed E-state index contributed by atoms with van der Waals surface area (Å²) in [5.41, 5.74) is 4.02. The van der Waals surface area contributed by atoms with Gasteiger partial charge in [-0.15, -0.1) is 5.17 Å². The Morgan fingerprint density at radius 3 is 2.67 bits per heavy atom.